The van der Waals surface area contributed by atoms with Gasteiger partial charge in [0.1, 0.15) is 24.3 Å². The van der Waals surface area contributed by atoms with Crippen LogP contribution in [-0.2, 0) is 52.8 Å². The Hall–Kier alpha value is -6.08. The number of esters is 1. The van der Waals surface area contributed by atoms with E-state index in [0.717, 1.165) is 68.8 Å². The molecule has 6 heterocycles. The quantitative estimate of drug-likeness (QED) is 0.0949. The molecule has 17 nitrogen and oxygen atoms in total. The smallest absolute Gasteiger partial charge is 0.410 e. The molecule has 18 heteroatoms. The molecule has 3 amide bonds. The first-order chi connectivity index (χ1) is 35.0. The predicted molar refractivity (Wildman–Crippen MR) is 279 cm³/mol. The minimum Gasteiger partial charge on any atom is -0.464 e. The van der Waals surface area contributed by atoms with Gasteiger partial charge in [0.15, 0.2) is 0 Å². The number of hydrazine groups is 1. The number of amides is 3. The van der Waals surface area contributed by atoms with Crippen LogP contribution in [0.4, 0.5) is 15.3 Å². The molecule has 2 saturated heterocycles. The Labute approximate surface area is 431 Å². The lowest BCUT2D eigenvalue weighted by Gasteiger charge is -2.36. The summed E-state index contributed by atoms with van der Waals surface area (Å²) in [7, 11) is 1.70. The zero-order chi connectivity index (χ0) is 51.6. The van der Waals surface area contributed by atoms with Crippen molar-refractivity contribution in [2.45, 2.75) is 130 Å². The number of benzene rings is 2. The zero-order valence-electron chi connectivity index (χ0n) is 43.4. The lowest BCUT2D eigenvalue weighted by molar-refractivity contribution is -0.154. The molecule has 2 N–H and O–H groups in total. The molecule has 6 bridgehead atoms. The van der Waals surface area contributed by atoms with Gasteiger partial charge in [0, 0.05) is 85.1 Å². The lowest BCUT2D eigenvalue weighted by Crippen LogP contribution is -2.61. The Balaban J connectivity index is 1.13. The van der Waals surface area contributed by atoms with Gasteiger partial charge in [-0.3, -0.25) is 19.6 Å². The van der Waals surface area contributed by atoms with Crippen LogP contribution < -0.4 is 15.6 Å². The second kappa shape index (κ2) is 21.8. The van der Waals surface area contributed by atoms with Crippen molar-refractivity contribution in [2.75, 3.05) is 57.9 Å². The summed E-state index contributed by atoms with van der Waals surface area (Å²) in [5.74, 6) is -1.38. The first-order valence-electron chi connectivity index (χ1n) is 25.7. The summed E-state index contributed by atoms with van der Waals surface area (Å²) < 4.78 is 32.3. The van der Waals surface area contributed by atoms with Crippen LogP contribution in [0, 0.1) is 5.41 Å². The van der Waals surface area contributed by atoms with E-state index in [2.05, 4.69) is 44.5 Å². The van der Waals surface area contributed by atoms with Crippen molar-refractivity contribution in [3.05, 3.63) is 88.0 Å². The van der Waals surface area contributed by atoms with Crippen molar-refractivity contribution in [3.63, 3.8) is 0 Å². The first kappa shape index (κ1) is 51.8. The number of hydrogen-bond donors (Lipinski definition) is 2. The fraction of sp³-hybridized carbons (Fsp3) is 0.527. The van der Waals surface area contributed by atoms with Crippen molar-refractivity contribution in [2.24, 2.45) is 5.41 Å². The number of cyclic esters (lactones) is 1. The molecule has 2 aromatic carbocycles. The van der Waals surface area contributed by atoms with Gasteiger partial charge in [-0.25, -0.2) is 20.0 Å². The molecule has 4 aliphatic rings. The van der Waals surface area contributed by atoms with E-state index in [4.69, 9.17) is 33.7 Å². The molecule has 0 radical (unpaired) electrons. The fourth-order valence-electron chi connectivity index (χ4n) is 10.0. The molecule has 9 rings (SSSR count). The third kappa shape index (κ3) is 11.8. The van der Waals surface area contributed by atoms with Gasteiger partial charge in [-0.05, 0) is 103 Å². The van der Waals surface area contributed by atoms with Gasteiger partial charge in [0.05, 0.1) is 59.4 Å². The zero-order valence-corrected chi connectivity index (χ0v) is 44.2. The van der Waals surface area contributed by atoms with Crippen LogP contribution in [0.1, 0.15) is 108 Å². The topological polar surface area (TPSA) is 179 Å². The lowest BCUT2D eigenvalue weighted by atomic mass is 9.91. The number of anilines is 1. The van der Waals surface area contributed by atoms with E-state index in [9.17, 15) is 19.2 Å². The highest BCUT2D eigenvalue weighted by Crippen LogP contribution is 2.52. The second-order valence-corrected chi connectivity index (χ2v) is 22.1. The maximum absolute atomic E-state index is 14.5. The number of methoxy groups -OCH3 is 1. The molecule has 73 heavy (non-hydrogen) atoms. The predicted octanol–water partition coefficient (Wildman–Crippen LogP) is 8.79. The normalized spacial score (nSPS) is 20.7. The van der Waals surface area contributed by atoms with Crippen molar-refractivity contribution in [1.29, 1.82) is 0 Å². The Kier molecular flexibility index (Phi) is 15.5. The number of aromatic nitrogens is 3. The summed E-state index contributed by atoms with van der Waals surface area (Å²) in [5, 5.41) is 8.00. The van der Waals surface area contributed by atoms with E-state index in [1.54, 1.807) is 32.8 Å². The van der Waals surface area contributed by atoms with Gasteiger partial charge in [-0.1, -0.05) is 43.3 Å². The van der Waals surface area contributed by atoms with Gasteiger partial charge in [0.25, 0.3) is 5.91 Å². The number of hydrogen-bond acceptors (Lipinski definition) is 14. The fourth-order valence-corrected chi connectivity index (χ4v) is 11.0. The van der Waals surface area contributed by atoms with Crippen LogP contribution in [0.5, 0.6) is 0 Å². The third-order valence-electron chi connectivity index (χ3n) is 14.4. The number of carbonyl (C=O) groups is 4. The van der Waals surface area contributed by atoms with Crippen molar-refractivity contribution >= 4 is 52.0 Å². The molecule has 3 aliphatic heterocycles. The number of nitrogens with zero attached hydrogens (tertiary/aromatic N) is 6. The first-order valence-corrected chi connectivity index (χ1v) is 26.6. The minimum atomic E-state index is -1.05. The van der Waals surface area contributed by atoms with Gasteiger partial charge in [-0.2, -0.15) is 0 Å². The maximum Gasteiger partial charge on any atom is 0.410 e. The number of carbonyl (C=O) groups excluding carboxylic acids is 4. The van der Waals surface area contributed by atoms with Gasteiger partial charge >= 0.3 is 18.2 Å². The molecule has 1 aliphatic carbocycles. The summed E-state index contributed by atoms with van der Waals surface area (Å²) >= 11 is 1.43. The number of thiazole rings is 1. The van der Waals surface area contributed by atoms with E-state index >= 15 is 0 Å². The summed E-state index contributed by atoms with van der Waals surface area (Å²) in [5.41, 5.74) is 10.3. The van der Waals surface area contributed by atoms with Gasteiger partial charge < -0.3 is 43.4 Å². The molecule has 0 unspecified atom stereocenters. The molecule has 3 fully saturated rings. The van der Waals surface area contributed by atoms with Crippen LogP contribution in [0.25, 0.3) is 33.4 Å². The van der Waals surface area contributed by atoms with Gasteiger partial charge in [-0.15, -0.1) is 11.3 Å². The Morgan fingerprint density at radius 3 is 2.49 bits per heavy atom. The average molecular weight is 1020 g/mol. The summed E-state index contributed by atoms with van der Waals surface area (Å²) in [6.07, 6.45) is 3.88. The Morgan fingerprint density at radius 2 is 1.78 bits per heavy atom. The number of rotatable bonds is 11. The monoisotopic (exact) mass is 1020 g/mol. The molecule has 390 valence electrons. The molecule has 1 spiro atoms. The number of piperazine rings is 1. The molecular weight excluding hydrogens is 949 g/mol. The number of pyridine rings is 1. The largest absolute Gasteiger partial charge is 0.464 e. The number of fused-ring (bicyclic) bond motifs is 6. The van der Waals surface area contributed by atoms with Crippen LogP contribution in [0.2, 0.25) is 0 Å². The highest BCUT2D eigenvalue weighted by atomic mass is 32.1. The molecule has 4 atom stereocenters. The van der Waals surface area contributed by atoms with Crippen LogP contribution >= 0.6 is 11.3 Å². The maximum atomic E-state index is 14.5. The van der Waals surface area contributed by atoms with Crippen molar-refractivity contribution in [1.82, 2.24) is 35.2 Å². The highest BCUT2D eigenvalue weighted by molar-refractivity contribution is 7.10. The van der Waals surface area contributed by atoms with E-state index in [1.807, 2.05) is 69.6 Å². The van der Waals surface area contributed by atoms with Crippen LogP contribution in [-0.4, -0.2) is 125 Å². The van der Waals surface area contributed by atoms with E-state index in [1.165, 1.54) is 16.3 Å². The number of alkyl carbamates (subject to hydrolysis) is 1. The van der Waals surface area contributed by atoms with E-state index < -0.39 is 41.6 Å². The second-order valence-electron chi connectivity index (χ2n) is 21.2. The number of nitrogens with one attached hydrogen (secondary N) is 2. The van der Waals surface area contributed by atoms with E-state index in [-0.39, 0.29) is 36.9 Å². The standard InChI is InChI=1S/C55H70N8O9S/c1-34(2)69-26-25-62-45-17-16-38-27-40(45)42(48(62)41-28-39(30-56-47(41)36(4)68-8)60-21-23-61(24-22-60)53(67)70-31-37-13-10-9-11-14-37)29-55(18-19-55)33-71-51(65)43-15-12-20-63(59-43)50(64)46(58-52(66)72-54(5,6)7)35(3)49-57-44(38)32-73-49/h9-11,13-14,16-17,27-28,30,32,34-36,43,46,59H,12,15,18-26,29,31,33H2,1-8H3,(H,58,66)/t35-,36-,43-,46-/m0/s1. The Bertz CT molecular complexity index is 2800. The third-order valence-corrected chi connectivity index (χ3v) is 15.4. The number of ether oxygens (including phenoxy) is 5. The highest BCUT2D eigenvalue weighted by Gasteiger charge is 2.47. The molecule has 1 saturated carbocycles. The minimum absolute atomic E-state index is 0.0152. The summed E-state index contributed by atoms with van der Waals surface area (Å²) in [6, 6.07) is 16.5. The molecule has 5 aromatic rings. The van der Waals surface area contributed by atoms with E-state index in [0.29, 0.717) is 70.1 Å². The summed E-state index contributed by atoms with van der Waals surface area (Å²) in [6.45, 7) is 17.2. The summed E-state index contributed by atoms with van der Waals surface area (Å²) in [4.78, 5) is 69.5. The van der Waals surface area contributed by atoms with Crippen LogP contribution in [0.15, 0.2) is 66.2 Å². The molecular formula is C55H70N8O9S. The van der Waals surface area contributed by atoms with Crippen molar-refractivity contribution in [3.8, 4) is 22.5 Å². The van der Waals surface area contributed by atoms with Gasteiger partial charge in [0.2, 0.25) is 0 Å². The molecule has 3 aromatic heterocycles. The Morgan fingerprint density at radius 1 is 1.01 bits per heavy atom. The van der Waals surface area contributed by atoms with Crippen molar-refractivity contribution < 1.29 is 42.9 Å². The average Bonchev–Trinajstić information content (AvgIpc) is 3.85. The van der Waals surface area contributed by atoms with Crippen LogP contribution in [0.3, 0.4) is 0 Å². The SMILES string of the molecule is CO[C@@H](C)c1ncc(N2CCN(C(=O)OCc3ccccc3)CC2)cc1-c1c2c3cc(ccc3n1CCOC(C)C)-c1csc(n1)[C@@H](C)[C@H](NC(=O)OC(C)(C)C)C(=O)N1CCC[C@H](N1)C(=O)OCC1(CC1)C2.